The fourth-order valence-corrected chi connectivity index (χ4v) is 3.16. The van der Waals surface area contributed by atoms with E-state index in [4.69, 9.17) is 22.5 Å². The largest absolute Gasteiger partial charge is 0.409 e. The number of hydrogen-bond donors (Lipinski definition) is 2. The van der Waals surface area contributed by atoms with Gasteiger partial charge in [-0.3, -0.25) is 0 Å². The van der Waals surface area contributed by atoms with Crippen molar-refractivity contribution in [1.29, 1.82) is 0 Å². The van der Waals surface area contributed by atoms with Crippen molar-refractivity contribution >= 4 is 28.8 Å². The zero-order chi connectivity index (χ0) is 15.2. The highest BCUT2D eigenvalue weighted by Crippen LogP contribution is 2.24. The summed E-state index contributed by atoms with van der Waals surface area (Å²) in [5.41, 5.74) is 5.43. The summed E-state index contributed by atoms with van der Waals surface area (Å²) >= 11 is 7.55. The molecule has 0 aliphatic heterocycles. The van der Waals surface area contributed by atoms with Crippen molar-refractivity contribution in [3.63, 3.8) is 0 Å². The molecule has 1 rings (SSSR count). The van der Waals surface area contributed by atoms with Crippen molar-refractivity contribution in [2.75, 3.05) is 13.6 Å². The average molecular weight is 318 g/mol. The fraction of sp³-hybridized carbons (Fsp3) is 0.643. The number of nitrogens with zero attached hydrogens (tertiary/aromatic N) is 2. The quantitative estimate of drug-likeness (QED) is 0.252. The van der Waals surface area contributed by atoms with Crippen LogP contribution in [0.4, 0.5) is 0 Å². The van der Waals surface area contributed by atoms with Gasteiger partial charge in [0.05, 0.1) is 4.34 Å². The van der Waals surface area contributed by atoms with E-state index in [0.717, 1.165) is 36.7 Å². The Labute approximate surface area is 130 Å². The lowest BCUT2D eigenvalue weighted by Gasteiger charge is -2.23. The van der Waals surface area contributed by atoms with Crippen molar-refractivity contribution in [3.8, 4) is 0 Å². The molecule has 0 fully saturated rings. The van der Waals surface area contributed by atoms with E-state index in [1.54, 1.807) is 11.3 Å². The van der Waals surface area contributed by atoms with Crippen molar-refractivity contribution in [2.45, 2.75) is 39.7 Å². The predicted molar refractivity (Wildman–Crippen MR) is 86.7 cm³/mol. The lowest BCUT2D eigenvalue weighted by atomic mass is 9.86. The molecule has 20 heavy (non-hydrogen) atoms. The molecule has 0 aromatic carbocycles. The Balaban J connectivity index is 2.24. The Morgan fingerprint density at radius 3 is 2.70 bits per heavy atom. The van der Waals surface area contributed by atoms with E-state index in [0.29, 0.717) is 5.84 Å². The maximum atomic E-state index is 8.73. The van der Waals surface area contributed by atoms with Gasteiger partial charge in [0.25, 0.3) is 0 Å². The number of amidine groups is 1. The third-order valence-corrected chi connectivity index (χ3v) is 4.66. The second-order valence-corrected chi connectivity index (χ2v) is 7.57. The van der Waals surface area contributed by atoms with Gasteiger partial charge in [-0.25, -0.2) is 0 Å². The number of hydrogen-bond acceptors (Lipinski definition) is 4. The highest BCUT2D eigenvalue weighted by Gasteiger charge is 2.22. The van der Waals surface area contributed by atoms with Gasteiger partial charge >= 0.3 is 0 Å². The van der Waals surface area contributed by atoms with Crippen LogP contribution < -0.4 is 5.73 Å². The van der Waals surface area contributed by atoms with Crippen molar-refractivity contribution in [2.24, 2.45) is 16.3 Å². The molecule has 3 N–H and O–H groups in total. The Morgan fingerprint density at radius 1 is 1.45 bits per heavy atom. The van der Waals surface area contributed by atoms with E-state index in [1.807, 2.05) is 19.9 Å². The Bertz CT molecular complexity index is 445. The molecule has 4 nitrogen and oxygen atoms in total. The number of nitrogens with two attached hydrogens (primary N) is 1. The minimum atomic E-state index is -0.241. The summed E-state index contributed by atoms with van der Waals surface area (Å²) in [7, 11) is 2.11. The lowest BCUT2D eigenvalue weighted by molar-refractivity contribution is 0.296. The highest BCUT2D eigenvalue weighted by atomic mass is 35.5. The van der Waals surface area contributed by atoms with Crippen LogP contribution in [0.2, 0.25) is 4.34 Å². The molecule has 0 bridgehead atoms. The number of oxime groups is 1. The zero-order valence-corrected chi connectivity index (χ0v) is 14.0. The first-order valence-electron chi connectivity index (χ1n) is 6.76. The van der Waals surface area contributed by atoms with Gasteiger partial charge in [-0.2, -0.15) is 0 Å². The third-order valence-electron chi connectivity index (χ3n) is 3.45. The van der Waals surface area contributed by atoms with E-state index >= 15 is 0 Å². The van der Waals surface area contributed by atoms with Crippen LogP contribution in [-0.4, -0.2) is 29.5 Å². The van der Waals surface area contributed by atoms with Gasteiger partial charge in [-0.15, -0.1) is 11.3 Å². The molecular weight excluding hydrogens is 294 g/mol. The molecule has 0 aliphatic rings. The van der Waals surface area contributed by atoms with Crippen LogP contribution in [0, 0.1) is 5.41 Å². The van der Waals surface area contributed by atoms with Gasteiger partial charge < -0.3 is 15.8 Å². The van der Waals surface area contributed by atoms with Crippen LogP contribution in [0.15, 0.2) is 17.3 Å². The summed E-state index contributed by atoms with van der Waals surface area (Å²) in [6.07, 6.45) is 3.07. The predicted octanol–water partition coefficient (Wildman–Crippen LogP) is 3.78. The molecule has 0 aliphatic carbocycles. The van der Waals surface area contributed by atoms with E-state index in [-0.39, 0.29) is 5.41 Å². The van der Waals surface area contributed by atoms with Gasteiger partial charge in [0.15, 0.2) is 0 Å². The van der Waals surface area contributed by atoms with Crippen molar-refractivity contribution in [3.05, 3.63) is 21.3 Å². The minimum Gasteiger partial charge on any atom is -0.409 e. The number of rotatable bonds is 8. The number of halogens is 1. The molecule has 6 heteroatoms. The minimum absolute atomic E-state index is 0.241. The standard InChI is InChI=1S/C14H24ClN3OS/c1-14(2,13(16)17-19)8-4-5-9-18(3)10-11-6-7-12(15)20-11/h6-7,19H,4-5,8-10H2,1-3H3,(H2,16,17). The monoisotopic (exact) mass is 317 g/mol. The van der Waals surface area contributed by atoms with E-state index < -0.39 is 0 Å². The van der Waals surface area contributed by atoms with Crippen molar-refractivity contribution < 1.29 is 5.21 Å². The molecule has 0 saturated heterocycles. The van der Waals surface area contributed by atoms with Gasteiger partial charge in [0.1, 0.15) is 5.84 Å². The summed E-state index contributed by atoms with van der Waals surface area (Å²) in [5.74, 6) is 0.305. The van der Waals surface area contributed by atoms with Crippen LogP contribution >= 0.6 is 22.9 Å². The molecule has 0 atom stereocenters. The molecule has 1 aromatic rings. The first-order valence-corrected chi connectivity index (χ1v) is 7.95. The van der Waals surface area contributed by atoms with Crippen LogP contribution in [0.5, 0.6) is 0 Å². The lowest BCUT2D eigenvalue weighted by Crippen LogP contribution is -2.32. The molecular formula is C14H24ClN3OS. The third kappa shape index (κ3) is 5.69. The van der Waals surface area contributed by atoms with Crippen molar-refractivity contribution in [1.82, 2.24) is 4.90 Å². The molecule has 0 spiro atoms. The normalized spacial score (nSPS) is 13.2. The second kappa shape index (κ2) is 7.86. The molecule has 0 saturated carbocycles. The number of thiophene rings is 1. The smallest absolute Gasteiger partial charge is 0.144 e. The number of unbranched alkanes of at least 4 members (excludes halogenated alkanes) is 1. The second-order valence-electron chi connectivity index (χ2n) is 5.77. The van der Waals surface area contributed by atoms with Gasteiger partial charge in [0, 0.05) is 16.8 Å². The SMILES string of the molecule is CN(CCCCC(C)(C)/C(N)=N/O)Cc1ccc(Cl)s1. The fourth-order valence-electron chi connectivity index (χ4n) is 1.99. The zero-order valence-electron chi connectivity index (χ0n) is 12.4. The summed E-state index contributed by atoms with van der Waals surface area (Å²) in [6.45, 7) is 5.96. The topological polar surface area (TPSA) is 61.8 Å². The van der Waals surface area contributed by atoms with Gasteiger partial charge in [-0.05, 0) is 38.6 Å². The molecule has 1 aromatic heterocycles. The van der Waals surface area contributed by atoms with E-state index in [9.17, 15) is 0 Å². The van der Waals surface area contributed by atoms with Crippen LogP contribution in [0.25, 0.3) is 0 Å². The summed E-state index contributed by atoms with van der Waals surface area (Å²) < 4.78 is 0.842. The Hall–Kier alpha value is -0.780. The summed E-state index contributed by atoms with van der Waals surface area (Å²) in [6, 6.07) is 4.01. The van der Waals surface area contributed by atoms with Crippen LogP contribution in [-0.2, 0) is 6.54 Å². The molecule has 1 heterocycles. The molecule has 0 radical (unpaired) electrons. The first kappa shape index (κ1) is 17.3. The molecule has 0 unspecified atom stereocenters. The van der Waals surface area contributed by atoms with E-state index in [2.05, 4.69) is 23.2 Å². The Morgan fingerprint density at radius 2 is 2.15 bits per heavy atom. The molecule has 0 amide bonds. The van der Waals surface area contributed by atoms with Crippen LogP contribution in [0.1, 0.15) is 38.0 Å². The van der Waals surface area contributed by atoms with Gasteiger partial charge in [-0.1, -0.05) is 37.0 Å². The maximum absolute atomic E-state index is 8.73. The molecule has 114 valence electrons. The highest BCUT2D eigenvalue weighted by molar-refractivity contribution is 7.16. The first-order chi connectivity index (χ1) is 9.35. The Kier molecular flexibility index (Phi) is 6.79. The van der Waals surface area contributed by atoms with Crippen LogP contribution in [0.3, 0.4) is 0 Å². The summed E-state index contributed by atoms with van der Waals surface area (Å²) in [4.78, 5) is 3.58. The van der Waals surface area contributed by atoms with E-state index in [1.165, 1.54) is 4.88 Å². The van der Waals surface area contributed by atoms with Gasteiger partial charge in [0.2, 0.25) is 0 Å². The average Bonchev–Trinajstić information content (AvgIpc) is 2.79. The summed E-state index contributed by atoms with van der Waals surface area (Å²) in [5, 5.41) is 11.8. The maximum Gasteiger partial charge on any atom is 0.144 e.